The van der Waals surface area contributed by atoms with Gasteiger partial charge >= 0.3 is 0 Å². The lowest BCUT2D eigenvalue weighted by Gasteiger charge is -2.24. The highest BCUT2D eigenvalue weighted by atomic mass is 32.1. The first-order chi connectivity index (χ1) is 13.2. The number of aromatic nitrogens is 2. The van der Waals surface area contributed by atoms with E-state index >= 15 is 0 Å². The van der Waals surface area contributed by atoms with Crippen LogP contribution in [0.4, 0.5) is 5.69 Å². The molecule has 3 aromatic rings. The van der Waals surface area contributed by atoms with Gasteiger partial charge in [0.25, 0.3) is 5.91 Å². The lowest BCUT2D eigenvalue weighted by Crippen LogP contribution is -2.28. The molecule has 1 fully saturated rings. The van der Waals surface area contributed by atoms with Crippen molar-refractivity contribution in [2.45, 2.75) is 25.8 Å². The maximum atomic E-state index is 12.3. The predicted octanol–water partition coefficient (Wildman–Crippen LogP) is 3.81. The highest BCUT2D eigenvalue weighted by Crippen LogP contribution is 2.27. The van der Waals surface area contributed by atoms with Gasteiger partial charge in [0.05, 0.1) is 10.6 Å². The fraction of sp³-hybridized carbons (Fsp3) is 0.250. The maximum absolute atomic E-state index is 12.3. The molecular formula is C20H20N4O2S. The number of carbonyl (C=O) groups is 2. The van der Waals surface area contributed by atoms with Crippen molar-refractivity contribution in [1.29, 1.82) is 0 Å². The van der Waals surface area contributed by atoms with E-state index in [1.807, 2.05) is 41.8 Å². The summed E-state index contributed by atoms with van der Waals surface area (Å²) in [6.07, 6.45) is 3.07. The second-order valence-corrected chi connectivity index (χ2v) is 7.59. The number of thiophene rings is 1. The number of carbonyl (C=O) groups excluding carboxylic acids is 2. The zero-order valence-electron chi connectivity index (χ0n) is 14.7. The zero-order valence-corrected chi connectivity index (χ0v) is 15.5. The van der Waals surface area contributed by atoms with E-state index in [1.54, 1.807) is 17.4 Å². The molecule has 2 heterocycles. The minimum atomic E-state index is -0.238. The topological polar surface area (TPSA) is 86.9 Å². The van der Waals surface area contributed by atoms with Gasteiger partial charge in [0.15, 0.2) is 5.69 Å². The SMILES string of the molecule is O=C(NCc1cccc(NC(=O)C2CCC2)c1)c1cc(-c2cccs2)[nH]n1. The first-order valence-electron chi connectivity index (χ1n) is 8.96. The number of aromatic amines is 1. The van der Waals surface area contributed by atoms with Crippen molar-refractivity contribution < 1.29 is 9.59 Å². The number of nitrogens with one attached hydrogen (secondary N) is 3. The van der Waals surface area contributed by atoms with Crippen molar-refractivity contribution in [3.63, 3.8) is 0 Å². The van der Waals surface area contributed by atoms with E-state index in [1.165, 1.54) is 0 Å². The molecule has 0 saturated heterocycles. The van der Waals surface area contributed by atoms with Crippen molar-refractivity contribution >= 4 is 28.8 Å². The molecule has 2 amide bonds. The number of nitrogens with zero attached hydrogens (tertiary/aromatic N) is 1. The molecule has 2 aromatic heterocycles. The van der Waals surface area contributed by atoms with Crippen molar-refractivity contribution in [3.8, 4) is 10.6 Å². The summed E-state index contributed by atoms with van der Waals surface area (Å²) in [5.41, 5.74) is 2.87. The Bertz CT molecular complexity index is 945. The van der Waals surface area contributed by atoms with Gasteiger partial charge in [-0.3, -0.25) is 14.7 Å². The zero-order chi connectivity index (χ0) is 18.6. The predicted molar refractivity (Wildman–Crippen MR) is 105 cm³/mol. The van der Waals surface area contributed by atoms with Crippen LogP contribution in [0.5, 0.6) is 0 Å². The van der Waals surface area contributed by atoms with Gasteiger partial charge in [-0.25, -0.2) is 0 Å². The van der Waals surface area contributed by atoms with Gasteiger partial charge in [-0.2, -0.15) is 5.10 Å². The van der Waals surface area contributed by atoms with Crippen molar-refractivity contribution in [2.75, 3.05) is 5.32 Å². The van der Waals surface area contributed by atoms with Gasteiger partial charge in [-0.1, -0.05) is 24.6 Å². The van der Waals surface area contributed by atoms with E-state index < -0.39 is 0 Å². The highest BCUT2D eigenvalue weighted by Gasteiger charge is 2.25. The Balaban J connectivity index is 1.35. The van der Waals surface area contributed by atoms with Crippen LogP contribution in [0.25, 0.3) is 10.6 Å². The lowest BCUT2D eigenvalue weighted by atomic mass is 9.85. The molecule has 1 saturated carbocycles. The molecule has 0 unspecified atom stereocenters. The molecule has 138 valence electrons. The molecular weight excluding hydrogens is 360 g/mol. The van der Waals surface area contributed by atoms with Crippen LogP contribution in [-0.4, -0.2) is 22.0 Å². The molecule has 0 spiro atoms. The van der Waals surface area contributed by atoms with Crippen LogP contribution in [0.1, 0.15) is 35.3 Å². The standard InChI is InChI=1S/C20H20N4O2S/c25-19(14-5-2-6-14)22-15-7-1-4-13(10-15)12-21-20(26)17-11-16(23-24-17)18-8-3-9-27-18/h1,3-4,7-11,14H,2,5-6,12H2,(H,21,26)(H,22,25)(H,23,24). The van der Waals surface area contributed by atoms with Crippen LogP contribution < -0.4 is 10.6 Å². The summed E-state index contributed by atoms with van der Waals surface area (Å²) in [5.74, 6) is -0.0106. The first-order valence-corrected chi connectivity index (χ1v) is 9.84. The van der Waals surface area contributed by atoms with Crippen LogP contribution in [0.15, 0.2) is 47.8 Å². The average Bonchev–Trinajstić information content (AvgIpc) is 3.29. The van der Waals surface area contributed by atoms with E-state index in [9.17, 15) is 9.59 Å². The summed E-state index contributed by atoms with van der Waals surface area (Å²) in [4.78, 5) is 25.4. The molecule has 27 heavy (non-hydrogen) atoms. The molecule has 6 nitrogen and oxygen atoms in total. The van der Waals surface area contributed by atoms with Crippen molar-refractivity contribution in [3.05, 3.63) is 59.1 Å². The summed E-state index contributed by atoms with van der Waals surface area (Å²) in [7, 11) is 0. The smallest absolute Gasteiger partial charge is 0.272 e. The molecule has 0 bridgehead atoms. The van der Waals surface area contributed by atoms with Gasteiger partial charge in [-0.05, 0) is 48.1 Å². The molecule has 7 heteroatoms. The maximum Gasteiger partial charge on any atom is 0.272 e. The number of amides is 2. The third-order valence-corrected chi connectivity index (χ3v) is 5.62. The summed E-state index contributed by atoms with van der Waals surface area (Å²) in [5, 5.41) is 14.8. The van der Waals surface area contributed by atoms with E-state index in [4.69, 9.17) is 0 Å². The van der Waals surface area contributed by atoms with Gasteiger partial charge < -0.3 is 10.6 Å². The number of rotatable bonds is 6. The number of hydrogen-bond acceptors (Lipinski definition) is 4. The third kappa shape index (κ3) is 4.09. The van der Waals surface area contributed by atoms with Gasteiger partial charge in [0.2, 0.25) is 5.91 Å². The number of hydrogen-bond donors (Lipinski definition) is 3. The third-order valence-electron chi connectivity index (χ3n) is 4.72. The van der Waals surface area contributed by atoms with E-state index in [2.05, 4.69) is 20.8 Å². The average molecular weight is 380 g/mol. The van der Waals surface area contributed by atoms with Gasteiger partial charge in [0.1, 0.15) is 0 Å². The summed E-state index contributed by atoms with van der Waals surface area (Å²) >= 11 is 1.59. The Morgan fingerprint density at radius 3 is 2.81 bits per heavy atom. The summed E-state index contributed by atoms with van der Waals surface area (Å²) in [6, 6.07) is 13.2. The molecule has 4 rings (SSSR count). The number of anilines is 1. The monoisotopic (exact) mass is 380 g/mol. The fourth-order valence-electron chi connectivity index (χ4n) is 2.94. The number of H-pyrrole nitrogens is 1. The quantitative estimate of drug-likeness (QED) is 0.608. The Morgan fingerprint density at radius 2 is 2.07 bits per heavy atom. The van der Waals surface area contributed by atoms with E-state index in [0.717, 1.165) is 41.1 Å². The Kier molecular flexibility index (Phi) is 5.02. The largest absolute Gasteiger partial charge is 0.347 e. The Labute approximate surface area is 161 Å². The van der Waals surface area contributed by atoms with Crippen LogP contribution in [0.2, 0.25) is 0 Å². The lowest BCUT2D eigenvalue weighted by molar-refractivity contribution is -0.122. The summed E-state index contributed by atoms with van der Waals surface area (Å²) in [6.45, 7) is 0.368. The number of benzene rings is 1. The van der Waals surface area contributed by atoms with Crippen LogP contribution in [0, 0.1) is 5.92 Å². The Hall–Kier alpha value is -2.93. The second-order valence-electron chi connectivity index (χ2n) is 6.64. The van der Waals surface area contributed by atoms with Crippen LogP contribution in [-0.2, 0) is 11.3 Å². The molecule has 3 N–H and O–H groups in total. The molecule has 0 atom stereocenters. The second kappa shape index (κ2) is 7.75. The first kappa shape index (κ1) is 17.5. The van der Waals surface area contributed by atoms with E-state index in [-0.39, 0.29) is 17.7 Å². The van der Waals surface area contributed by atoms with Gasteiger partial charge in [-0.15, -0.1) is 11.3 Å². The molecule has 0 radical (unpaired) electrons. The Morgan fingerprint density at radius 1 is 1.19 bits per heavy atom. The minimum Gasteiger partial charge on any atom is -0.347 e. The normalized spacial score (nSPS) is 13.8. The highest BCUT2D eigenvalue weighted by molar-refractivity contribution is 7.13. The minimum absolute atomic E-state index is 0.0834. The van der Waals surface area contributed by atoms with E-state index in [0.29, 0.717) is 12.2 Å². The van der Waals surface area contributed by atoms with Crippen molar-refractivity contribution in [1.82, 2.24) is 15.5 Å². The van der Waals surface area contributed by atoms with Gasteiger partial charge in [0, 0.05) is 18.2 Å². The van der Waals surface area contributed by atoms with Crippen molar-refractivity contribution in [2.24, 2.45) is 5.92 Å². The summed E-state index contributed by atoms with van der Waals surface area (Å²) < 4.78 is 0. The molecule has 1 aliphatic carbocycles. The van der Waals surface area contributed by atoms with Crippen LogP contribution in [0.3, 0.4) is 0 Å². The molecule has 1 aromatic carbocycles. The fourth-order valence-corrected chi connectivity index (χ4v) is 3.64. The molecule has 0 aliphatic heterocycles. The van der Waals surface area contributed by atoms with Crippen LogP contribution >= 0.6 is 11.3 Å². The molecule has 1 aliphatic rings.